The van der Waals surface area contributed by atoms with Gasteiger partial charge in [0.1, 0.15) is 10.6 Å². The van der Waals surface area contributed by atoms with Gasteiger partial charge in [-0.05, 0) is 17.7 Å². The fourth-order valence-electron chi connectivity index (χ4n) is 2.06. The van der Waals surface area contributed by atoms with E-state index in [0.717, 1.165) is 5.56 Å². The number of methoxy groups -OCH3 is 1. The molecule has 0 aliphatic heterocycles. The Balaban J connectivity index is 3.14. The second-order valence-corrected chi connectivity index (χ2v) is 7.02. The van der Waals surface area contributed by atoms with Gasteiger partial charge < -0.3 is 10.1 Å². The van der Waals surface area contributed by atoms with Gasteiger partial charge in [-0.25, -0.2) is 8.42 Å². The molecule has 0 aromatic heterocycles. The Morgan fingerprint density at radius 1 is 1.24 bits per heavy atom. The average Bonchev–Trinajstić information content (AvgIpc) is 2.45. The van der Waals surface area contributed by atoms with E-state index in [1.165, 1.54) is 11.4 Å². The maximum absolute atomic E-state index is 12.6. The third-order valence-electron chi connectivity index (χ3n) is 3.27. The number of benzene rings is 1. The first-order valence-electron chi connectivity index (χ1n) is 7.27. The van der Waals surface area contributed by atoms with E-state index in [9.17, 15) is 8.42 Å². The molecular formula is C15H26N2O3S. The molecule has 6 heteroatoms. The largest absolute Gasteiger partial charge is 0.495 e. The smallest absolute Gasteiger partial charge is 0.246 e. The standard InChI is InChI=1S/C15H26N2O3S/c1-6-17(7-2)21(18,19)15-9-8-13(10-14(15)20-5)11-16-12(3)4/h8-10,12,16H,6-7,11H2,1-5H3. The number of sulfonamides is 1. The molecule has 0 radical (unpaired) electrons. The molecule has 0 heterocycles. The van der Waals surface area contributed by atoms with E-state index >= 15 is 0 Å². The number of nitrogens with zero attached hydrogens (tertiary/aromatic N) is 1. The van der Waals surface area contributed by atoms with Crippen molar-refractivity contribution in [3.05, 3.63) is 23.8 Å². The maximum atomic E-state index is 12.6. The highest BCUT2D eigenvalue weighted by Crippen LogP contribution is 2.27. The Bertz CT molecular complexity index is 552. The number of rotatable bonds is 8. The number of ether oxygens (including phenoxy) is 1. The monoisotopic (exact) mass is 314 g/mol. The first-order valence-corrected chi connectivity index (χ1v) is 8.71. The maximum Gasteiger partial charge on any atom is 0.246 e. The summed E-state index contributed by atoms with van der Waals surface area (Å²) in [5.41, 5.74) is 0.999. The van der Waals surface area contributed by atoms with Gasteiger partial charge in [0.25, 0.3) is 0 Å². The van der Waals surface area contributed by atoms with Crippen molar-refractivity contribution in [3.63, 3.8) is 0 Å². The Morgan fingerprint density at radius 3 is 2.33 bits per heavy atom. The van der Waals surface area contributed by atoms with Crippen molar-refractivity contribution in [2.45, 2.75) is 45.2 Å². The van der Waals surface area contributed by atoms with Crippen LogP contribution in [-0.4, -0.2) is 39.0 Å². The van der Waals surface area contributed by atoms with Crippen molar-refractivity contribution < 1.29 is 13.2 Å². The topological polar surface area (TPSA) is 58.6 Å². The van der Waals surface area contributed by atoms with E-state index < -0.39 is 10.0 Å². The van der Waals surface area contributed by atoms with Gasteiger partial charge in [-0.3, -0.25) is 0 Å². The SMILES string of the molecule is CCN(CC)S(=O)(=O)c1ccc(CNC(C)C)cc1OC. The van der Waals surface area contributed by atoms with Gasteiger partial charge in [0.05, 0.1) is 7.11 Å². The molecule has 1 aromatic rings. The van der Waals surface area contributed by atoms with Gasteiger partial charge in [-0.2, -0.15) is 4.31 Å². The zero-order chi connectivity index (χ0) is 16.0. The lowest BCUT2D eigenvalue weighted by atomic mass is 10.2. The van der Waals surface area contributed by atoms with E-state index in [1.807, 2.05) is 19.9 Å². The van der Waals surface area contributed by atoms with Crippen LogP contribution in [0.1, 0.15) is 33.3 Å². The lowest BCUT2D eigenvalue weighted by Crippen LogP contribution is -2.31. The molecule has 0 amide bonds. The minimum absolute atomic E-state index is 0.224. The van der Waals surface area contributed by atoms with Gasteiger partial charge in [-0.1, -0.05) is 33.8 Å². The fraction of sp³-hybridized carbons (Fsp3) is 0.600. The molecule has 0 bridgehead atoms. The second-order valence-electron chi connectivity index (χ2n) is 5.11. The molecule has 0 aliphatic rings. The van der Waals surface area contributed by atoms with Crippen molar-refractivity contribution in [2.24, 2.45) is 0 Å². The molecule has 0 fully saturated rings. The normalized spacial score (nSPS) is 12.1. The van der Waals surface area contributed by atoms with Gasteiger partial charge >= 0.3 is 0 Å². The average molecular weight is 314 g/mol. The third-order valence-corrected chi connectivity index (χ3v) is 5.36. The summed E-state index contributed by atoms with van der Waals surface area (Å²) >= 11 is 0. The lowest BCUT2D eigenvalue weighted by Gasteiger charge is -2.20. The van der Waals surface area contributed by atoms with E-state index in [1.54, 1.807) is 12.1 Å². The van der Waals surface area contributed by atoms with Crippen molar-refractivity contribution in [1.29, 1.82) is 0 Å². The number of hydrogen-bond acceptors (Lipinski definition) is 4. The Morgan fingerprint density at radius 2 is 1.86 bits per heavy atom. The first kappa shape index (κ1) is 17.9. The van der Waals surface area contributed by atoms with Gasteiger partial charge in [0, 0.05) is 25.7 Å². The van der Waals surface area contributed by atoms with Crippen LogP contribution in [0.5, 0.6) is 5.75 Å². The van der Waals surface area contributed by atoms with Crippen LogP contribution in [0.4, 0.5) is 0 Å². The first-order chi connectivity index (χ1) is 9.86. The molecule has 120 valence electrons. The predicted molar refractivity (Wildman–Crippen MR) is 85.1 cm³/mol. The van der Waals surface area contributed by atoms with Crippen molar-refractivity contribution in [2.75, 3.05) is 20.2 Å². The van der Waals surface area contributed by atoms with Crippen LogP contribution in [0.2, 0.25) is 0 Å². The predicted octanol–water partition coefficient (Wildman–Crippen LogP) is 2.22. The van der Waals surface area contributed by atoms with Gasteiger partial charge in [0.2, 0.25) is 10.0 Å². The van der Waals surface area contributed by atoms with Crippen molar-refractivity contribution >= 4 is 10.0 Å². The van der Waals surface area contributed by atoms with Crippen LogP contribution in [0.25, 0.3) is 0 Å². The summed E-state index contributed by atoms with van der Waals surface area (Å²) in [7, 11) is -2.01. The molecule has 5 nitrogen and oxygen atoms in total. The molecule has 0 saturated heterocycles. The van der Waals surface area contributed by atoms with E-state index in [0.29, 0.717) is 31.4 Å². The summed E-state index contributed by atoms with van der Waals surface area (Å²) in [5, 5.41) is 3.30. The zero-order valence-corrected chi connectivity index (χ0v) is 14.3. The second kappa shape index (κ2) is 7.77. The molecule has 0 spiro atoms. The van der Waals surface area contributed by atoms with Crippen LogP contribution < -0.4 is 10.1 Å². The number of hydrogen-bond donors (Lipinski definition) is 1. The highest BCUT2D eigenvalue weighted by atomic mass is 32.2. The molecular weight excluding hydrogens is 288 g/mol. The van der Waals surface area contributed by atoms with Crippen LogP contribution in [-0.2, 0) is 16.6 Å². The van der Waals surface area contributed by atoms with Crippen LogP contribution in [0, 0.1) is 0 Å². The minimum atomic E-state index is -3.50. The van der Waals surface area contributed by atoms with Crippen LogP contribution in [0.15, 0.2) is 23.1 Å². The molecule has 1 aromatic carbocycles. The summed E-state index contributed by atoms with van der Waals surface area (Å²) < 4.78 is 31.9. The van der Waals surface area contributed by atoms with Crippen LogP contribution in [0.3, 0.4) is 0 Å². The van der Waals surface area contributed by atoms with Crippen molar-refractivity contribution in [3.8, 4) is 5.75 Å². The zero-order valence-electron chi connectivity index (χ0n) is 13.5. The quantitative estimate of drug-likeness (QED) is 0.799. The summed E-state index contributed by atoms with van der Waals surface area (Å²) in [5.74, 6) is 0.393. The minimum Gasteiger partial charge on any atom is -0.495 e. The van der Waals surface area contributed by atoms with E-state index in [4.69, 9.17) is 4.74 Å². The molecule has 1 N–H and O–H groups in total. The summed E-state index contributed by atoms with van der Waals surface area (Å²) in [6, 6.07) is 5.61. The van der Waals surface area contributed by atoms with Gasteiger partial charge in [0.15, 0.2) is 0 Å². The number of nitrogens with one attached hydrogen (secondary N) is 1. The Hall–Kier alpha value is -1.11. The molecule has 1 rings (SSSR count). The van der Waals surface area contributed by atoms with E-state index in [2.05, 4.69) is 19.2 Å². The Kier molecular flexibility index (Phi) is 6.64. The highest BCUT2D eigenvalue weighted by molar-refractivity contribution is 7.89. The van der Waals surface area contributed by atoms with Gasteiger partial charge in [-0.15, -0.1) is 0 Å². The Labute approximate surface area is 128 Å². The lowest BCUT2D eigenvalue weighted by molar-refractivity contribution is 0.394. The van der Waals surface area contributed by atoms with Crippen LogP contribution >= 0.6 is 0 Å². The van der Waals surface area contributed by atoms with E-state index in [-0.39, 0.29) is 4.90 Å². The molecule has 0 aliphatic carbocycles. The summed E-state index contributed by atoms with van der Waals surface area (Å²) in [6.07, 6.45) is 0. The molecule has 21 heavy (non-hydrogen) atoms. The fourth-order valence-corrected chi connectivity index (χ4v) is 3.65. The molecule has 0 saturated carbocycles. The highest BCUT2D eigenvalue weighted by Gasteiger charge is 2.25. The van der Waals surface area contributed by atoms with Crippen molar-refractivity contribution in [1.82, 2.24) is 9.62 Å². The summed E-state index contributed by atoms with van der Waals surface area (Å²) in [6.45, 7) is 9.35. The third kappa shape index (κ3) is 4.43. The molecule has 0 unspecified atom stereocenters. The molecule has 0 atom stereocenters. The summed E-state index contributed by atoms with van der Waals surface area (Å²) in [4.78, 5) is 0.224.